The van der Waals surface area contributed by atoms with Gasteiger partial charge < -0.3 is 20.3 Å². The molecule has 0 spiro atoms. The van der Waals surface area contributed by atoms with Crippen LogP contribution in [0.4, 0.5) is 30.2 Å². The van der Waals surface area contributed by atoms with Gasteiger partial charge in [-0.05, 0) is 75.8 Å². The standard InChI is InChI=1S/C28H32F3N5O4/c1-18-14-23(6-9-26(18)36(38)39)35-12-10-21(11-13-35)34-27(37)17-40-24-7-4-20(5-8-24)33-22-3-2-19(16-32)25(15-22)28(29,30)31/h2-3,6,9,14-15,20-21,24,33H,4-5,7-8,10-13,17H2,1H3,(H,34,37). The number of aryl methyl sites for hydroxylation is 1. The van der Waals surface area contributed by atoms with Crippen LogP contribution in [-0.2, 0) is 15.7 Å². The number of carbonyl (C=O) groups excluding carboxylic acids is 1. The predicted molar refractivity (Wildman–Crippen MR) is 143 cm³/mol. The fourth-order valence-corrected chi connectivity index (χ4v) is 5.36. The summed E-state index contributed by atoms with van der Waals surface area (Å²) < 4.78 is 45.5. The molecule has 2 aliphatic rings. The van der Waals surface area contributed by atoms with Crippen molar-refractivity contribution in [2.45, 2.75) is 69.8 Å². The zero-order valence-corrected chi connectivity index (χ0v) is 22.2. The summed E-state index contributed by atoms with van der Waals surface area (Å²) in [5.41, 5.74) is 0.617. The van der Waals surface area contributed by atoms with E-state index in [2.05, 4.69) is 15.5 Å². The van der Waals surface area contributed by atoms with Gasteiger partial charge >= 0.3 is 6.18 Å². The SMILES string of the molecule is Cc1cc(N2CCC(NC(=O)COC3CCC(Nc4ccc(C#N)c(C(F)(F)F)c4)CC3)CC2)ccc1[N+](=O)[O-]. The maximum atomic E-state index is 13.2. The summed E-state index contributed by atoms with van der Waals surface area (Å²) in [6.45, 7) is 3.13. The molecule has 9 nitrogen and oxygen atoms in total. The van der Waals surface area contributed by atoms with Gasteiger partial charge in [0.2, 0.25) is 5.91 Å². The van der Waals surface area contributed by atoms with Crippen LogP contribution >= 0.6 is 0 Å². The largest absolute Gasteiger partial charge is 0.417 e. The van der Waals surface area contributed by atoms with E-state index in [-0.39, 0.29) is 41.3 Å². The number of piperidine rings is 1. The number of rotatable bonds is 8. The van der Waals surface area contributed by atoms with Gasteiger partial charge in [0.1, 0.15) is 6.61 Å². The van der Waals surface area contributed by atoms with Gasteiger partial charge in [0.15, 0.2) is 0 Å². The van der Waals surface area contributed by atoms with Crippen LogP contribution in [0.25, 0.3) is 0 Å². The Morgan fingerprint density at radius 2 is 1.80 bits per heavy atom. The molecule has 40 heavy (non-hydrogen) atoms. The van der Waals surface area contributed by atoms with Gasteiger partial charge in [-0.1, -0.05) is 0 Å². The van der Waals surface area contributed by atoms with Crippen LogP contribution in [0.3, 0.4) is 0 Å². The fourth-order valence-electron chi connectivity index (χ4n) is 5.36. The van der Waals surface area contributed by atoms with Crippen molar-refractivity contribution in [3.63, 3.8) is 0 Å². The van der Waals surface area contributed by atoms with Crippen LogP contribution in [0.2, 0.25) is 0 Å². The Kier molecular flexibility index (Phi) is 9.14. The maximum absolute atomic E-state index is 13.2. The summed E-state index contributed by atoms with van der Waals surface area (Å²) >= 11 is 0. The highest BCUT2D eigenvalue weighted by Crippen LogP contribution is 2.34. The highest BCUT2D eigenvalue weighted by Gasteiger charge is 2.34. The highest BCUT2D eigenvalue weighted by atomic mass is 19.4. The molecule has 1 saturated carbocycles. The summed E-state index contributed by atoms with van der Waals surface area (Å²) in [7, 11) is 0. The lowest BCUT2D eigenvalue weighted by atomic mass is 9.92. The van der Waals surface area contributed by atoms with Gasteiger partial charge in [0.05, 0.1) is 28.2 Å². The fraction of sp³-hybridized carbons (Fsp3) is 0.500. The third kappa shape index (κ3) is 7.41. The van der Waals surface area contributed by atoms with Gasteiger partial charge in [-0.2, -0.15) is 18.4 Å². The van der Waals surface area contributed by atoms with E-state index in [1.807, 2.05) is 6.07 Å². The highest BCUT2D eigenvalue weighted by molar-refractivity contribution is 5.77. The van der Waals surface area contributed by atoms with E-state index in [0.29, 0.717) is 36.9 Å². The van der Waals surface area contributed by atoms with E-state index in [1.165, 1.54) is 18.2 Å². The summed E-state index contributed by atoms with van der Waals surface area (Å²) in [6.07, 6.45) is -0.447. The van der Waals surface area contributed by atoms with Crippen molar-refractivity contribution in [1.29, 1.82) is 5.26 Å². The molecule has 2 aromatic carbocycles. The molecule has 0 radical (unpaired) electrons. The second-order valence-corrected chi connectivity index (χ2v) is 10.4. The number of halogens is 3. The molecule has 1 saturated heterocycles. The number of ether oxygens (including phenoxy) is 1. The molecule has 2 N–H and O–H groups in total. The van der Waals surface area contributed by atoms with Crippen LogP contribution in [0, 0.1) is 28.4 Å². The number of anilines is 2. The number of carbonyl (C=O) groups is 1. The van der Waals surface area contributed by atoms with Gasteiger partial charge in [-0.15, -0.1) is 0 Å². The minimum absolute atomic E-state index is 0.0209. The van der Waals surface area contributed by atoms with Crippen LogP contribution in [0.1, 0.15) is 55.2 Å². The molecule has 1 amide bonds. The first-order valence-electron chi connectivity index (χ1n) is 13.3. The number of alkyl halides is 3. The van der Waals surface area contributed by atoms with Gasteiger partial charge in [-0.3, -0.25) is 14.9 Å². The summed E-state index contributed by atoms with van der Waals surface area (Å²) in [6, 6.07) is 10.3. The van der Waals surface area contributed by atoms with E-state index in [9.17, 15) is 28.1 Å². The minimum Gasteiger partial charge on any atom is -0.382 e. The number of nitrogens with zero attached hydrogens (tertiary/aromatic N) is 3. The maximum Gasteiger partial charge on any atom is 0.417 e. The molecular formula is C28H32F3N5O4. The van der Waals surface area contributed by atoms with E-state index in [1.54, 1.807) is 19.1 Å². The first kappa shape index (κ1) is 29.1. The molecule has 1 aliphatic carbocycles. The van der Waals surface area contributed by atoms with Crippen molar-refractivity contribution in [1.82, 2.24) is 5.32 Å². The van der Waals surface area contributed by atoms with Gasteiger partial charge in [0, 0.05) is 48.2 Å². The van der Waals surface area contributed by atoms with E-state index >= 15 is 0 Å². The number of nitro groups is 1. The van der Waals surface area contributed by atoms with Crippen molar-refractivity contribution in [2.75, 3.05) is 29.9 Å². The minimum atomic E-state index is -4.60. The topological polar surface area (TPSA) is 121 Å². The molecule has 2 fully saturated rings. The number of hydrogen-bond acceptors (Lipinski definition) is 7. The molecular weight excluding hydrogens is 527 g/mol. The Morgan fingerprint density at radius 3 is 2.40 bits per heavy atom. The van der Waals surface area contributed by atoms with Crippen molar-refractivity contribution < 1.29 is 27.6 Å². The Morgan fingerprint density at radius 1 is 1.10 bits per heavy atom. The molecule has 1 aliphatic heterocycles. The van der Waals surface area contributed by atoms with E-state index in [0.717, 1.165) is 37.7 Å². The lowest BCUT2D eigenvalue weighted by Crippen LogP contribution is -2.46. The molecule has 0 atom stereocenters. The van der Waals surface area contributed by atoms with Gasteiger partial charge in [0.25, 0.3) is 5.69 Å². The smallest absolute Gasteiger partial charge is 0.382 e. The molecule has 4 rings (SSSR count). The second kappa shape index (κ2) is 12.6. The zero-order chi connectivity index (χ0) is 28.9. The zero-order valence-electron chi connectivity index (χ0n) is 22.2. The monoisotopic (exact) mass is 559 g/mol. The molecule has 12 heteroatoms. The summed E-state index contributed by atoms with van der Waals surface area (Å²) in [5, 5.41) is 26.2. The van der Waals surface area contributed by atoms with Crippen molar-refractivity contribution >= 4 is 23.0 Å². The molecule has 0 unspecified atom stereocenters. The molecule has 2 aromatic rings. The average molecular weight is 560 g/mol. The Hall–Kier alpha value is -3.85. The van der Waals surface area contributed by atoms with E-state index < -0.39 is 17.3 Å². The normalized spacial score (nSPS) is 20.0. The van der Waals surface area contributed by atoms with Crippen molar-refractivity contribution in [2.24, 2.45) is 0 Å². The number of amides is 1. The quantitative estimate of drug-likeness (QED) is 0.332. The Balaban J connectivity index is 1.16. The number of hydrogen-bond donors (Lipinski definition) is 2. The van der Waals surface area contributed by atoms with Crippen LogP contribution in [0.15, 0.2) is 36.4 Å². The first-order valence-corrected chi connectivity index (χ1v) is 13.3. The van der Waals surface area contributed by atoms with Crippen LogP contribution < -0.4 is 15.5 Å². The van der Waals surface area contributed by atoms with Crippen LogP contribution in [-0.4, -0.2) is 48.7 Å². The molecule has 1 heterocycles. The summed E-state index contributed by atoms with van der Waals surface area (Å²) in [4.78, 5) is 25.3. The lowest BCUT2D eigenvalue weighted by molar-refractivity contribution is -0.385. The predicted octanol–water partition coefficient (Wildman–Crippen LogP) is 5.32. The third-order valence-electron chi connectivity index (χ3n) is 7.54. The lowest BCUT2D eigenvalue weighted by Gasteiger charge is -2.34. The molecule has 0 bridgehead atoms. The van der Waals surface area contributed by atoms with Crippen LogP contribution in [0.5, 0.6) is 0 Å². The van der Waals surface area contributed by atoms with Gasteiger partial charge in [-0.25, -0.2) is 0 Å². The number of nitrogens with one attached hydrogen (secondary N) is 2. The Labute approximate surface area is 230 Å². The van der Waals surface area contributed by atoms with Crippen molar-refractivity contribution in [3.8, 4) is 6.07 Å². The molecule has 0 aromatic heterocycles. The van der Waals surface area contributed by atoms with E-state index in [4.69, 9.17) is 10.00 Å². The summed E-state index contributed by atoms with van der Waals surface area (Å²) in [5.74, 6) is -0.179. The second-order valence-electron chi connectivity index (χ2n) is 10.4. The molecule has 214 valence electrons. The van der Waals surface area contributed by atoms with Crippen molar-refractivity contribution in [3.05, 3.63) is 63.2 Å². The third-order valence-corrected chi connectivity index (χ3v) is 7.54. The Bertz CT molecular complexity index is 1260. The number of nitro benzene ring substituents is 1. The number of benzene rings is 2. The average Bonchev–Trinajstić information content (AvgIpc) is 2.92. The first-order chi connectivity index (χ1) is 19.0. The number of nitriles is 1.